The first-order valence-electron chi connectivity index (χ1n) is 4.48. The molecular weight excluding hydrogens is 176 g/mol. The SMILES string of the molecule is CC(C)(C)NC(=O)c1[c]ccc(N)c1. The van der Waals surface area contributed by atoms with E-state index in [0.29, 0.717) is 11.3 Å². The molecule has 1 amide bonds. The van der Waals surface area contributed by atoms with E-state index in [2.05, 4.69) is 11.4 Å². The van der Waals surface area contributed by atoms with Crippen LogP contribution in [0.15, 0.2) is 18.2 Å². The van der Waals surface area contributed by atoms with Crippen LogP contribution in [0.1, 0.15) is 31.1 Å². The molecular formula is C11H15N2O. The maximum absolute atomic E-state index is 11.6. The molecule has 1 aromatic carbocycles. The highest BCUT2D eigenvalue weighted by Crippen LogP contribution is 2.07. The van der Waals surface area contributed by atoms with Crippen molar-refractivity contribution < 1.29 is 4.79 Å². The fraction of sp³-hybridized carbons (Fsp3) is 0.364. The fourth-order valence-electron chi connectivity index (χ4n) is 1.02. The smallest absolute Gasteiger partial charge is 0.252 e. The number of rotatable bonds is 1. The molecule has 0 saturated carbocycles. The molecule has 0 aromatic heterocycles. The van der Waals surface area contributed by atoms with Gasteiger partial charge in [-0.2, -0.15) is 0 Å². The molecule has 0 saturated heterocycles. The molecule has 0 fully saturated rings. The molecule has 1 radical (unpaired) electrons. The van der Waals surface area contributed by atoms with Crippen LogP contribution < -0.4 is 11.1 Å². The van der Waals surface area contributed by atoms with Crippen molar-refractivity contribution in [3.8, 4) is 0 Å². The normalized spacial score (nSPS) is 11.1. The summed E-state index contributed by atoms with van der Waals surface area (Å²) in [6, 6.07) is 7.80. The van der Waals surface area contributed by atoms with E-state index in [0.717, 1.165) is 0 Å². The van der Waals surface area contributed by atoms with Crippen molar-refractivity contribution in [2.24, 2.45) is 0 Å². The van der Waals surface area contributed by atoms with Gasteiger partial charge in [-0.1, -0.05) is 6.07 Å². The Bertz CT molecular complexity index is 339. The third-order valence-electron chi connectivity index (χ3n) is 1.56. The number of nitrogens with two attached hydrogens (primary N) is 1. The third kappa shape index (κ3) is 3.09. The number of nitrogens with one attached hydrogen (secondary N) is 1. The van der Waals surface area contributed by atoms with Gasteiger partial charge in [0.15, 0.2) is 0 Å². The molecule has 0 unspecified atom stereocenters. The minimum absolute atomic E-state index is 0.148. The Kier molecular flexibility index (Phi) is 2.79. The lowest BCUT2D eigenvalue weighted by molar-refractivity contribution is 0.0919. The highest BCUT2D eigenvalue weighted by atomic mass is 16.1. The lowest BCUT2D eigenvalue weighted by atomic mass is 10.1. The van der Waals surface area contributed by atoms with Crippen molar-refractivity contribution in [2.75, 3.05) is 5.73 Å². The Morgan fingerprint density at radius 1 is 1.50 bits per heavy atom. The first kappa shape index (κ1) is 10.6. The summed E-state index contributed by atoms with van der Waals surface area (Å²) >= 11 is 0. The van der Waals surface area contributed by atoms with Crippen molar-refractivity contribution in [2.45, 2.75) is 26.3 Å². The van der Waals surface area contributed by atoms with Gasteiger partial charge in [0, 0.05) is 16.8 Å². The summed E-state index contributed by atoms with van der Waals surface area (Å²) in [5, 5.41) is 2.84. The van der Waals surface area contributed by atoms with Gasteiger partial charge >= 0.3 is 0 Å². The van der Waals surface area contributed by atoms with E-state index in [-0.39, 0.29) is 11.4 Å². The van der Waals surface area contributed by atoms with Gasteiger partial charge in [-0.15, -0.1) is 0 Å². The van der Waals surface area contributed by atoms with Gasteiger partial charge in [-0.25, -0.2) is 0 Å². The number of amides is 1. The van der Waals surface area contributed by atoms with Crippen molar-refractivity contribution in [3.05, 3.63) is 29.8 Å². The second kappa shape index (κ2) is 3.70. The lowest BCUT2D eigenvalue weighted by Gasteiger charge is -2.20. The highest BCUT2D eigenvalue weighted by Gasteiger charge is 2.15. The number of nitrogen functional groups attached to an aromatic ring is 1. The van der Waals surface area contributed by atoms with Gasteiger partial charge in [-0.05, 0) is 39.0 Å². The van der Waals surface area contributed by atoms with E-state index in [1.807, 2.05) is 20.8 Å². The van der Waals surface area contributed by atoms with Crippen LogP contribution in [0, 0.1) is 6.07 Å². The van der Waals surface area contributed by atoms with Crippen LogP contribution in [0.4, 0.5) is 5.69 Å². The van der Waals surface area contributed by atoms with Crippen molar-refractivity contribution in [3.63, 3.8) is 0 Å². The topological polar surface area (TPSA) is 55.1 Å². The highest BCUT2D eigenvalue weighted by molar-refractivity contribution is 5.95. The van der Waals surface area contributed by atoms with Crippen LogP contribution in [-0.4, -0.2) is 11.4 Å². The zero-order valence-electron chi connectivity index (χ0n) is 8.72. The molecule has 0 aliphatic rings. The van der Waals surface area contributed by atoms with Gasteiger partial charge in [0.1, 0.15) is 0 Å². The maximum Gasteiger partial charge on any atom is 0.252 e. The number of benzene rings is 1. The van der Waals surface area contributed by atoms with E-state index in [9.17, 15) is 4.79 Å². The first-order chi connectivity index (χ1) is 6.38. The van der Waals surface area contributed by atoms with Gasteiger partial charge in [0.2, 0.25) is 0 Å². The predicted molar refractivity (Wildman–Crippen MR) is 56.9 cm³/mol. The molecule has 1 aromatic rings. The average molecular weight is 191 g/mol. The summed E-state index contributed by atoms with van der Waals surface area (Å²) in [4.78, 5) is 11.6. The van der Waals surface area contributed by atoms with Crippen LogP contribution in [0.3, 0.4) is 0 Å². The Morgan fingerprint density at radius 3 is 2.64 bits per heavy atom. The molecule has 0 aliphatic carbocycles. The standard InChI is InChI=1S/C11H15N2O/c1-11(2,3)13-10(14)8-5-4-6-9(12)7-8/h4,6-7H,12H2,1-3H3,(H,13,14). The summed E-state index contributed by atoms with van der Waals surface area (Å²) in [6.45, 7) is 5.78. The van der Waals surface area contributed by atoms with Crippen LogP contribution in [-0.2, 0) is 0 Å². The fourth-order valence-corrected chi connectivity index (χ4v) is 1.02. The Labute approximate surface area is 84.3 Å². The molecule has 3 heteroatoms. The second-order valence-corrected chi connectivity index (χ2v) is 4.24. The maximum atomic E-state index is 11.6. The third-order valence-corrected chi connectivity index (χ3v) is 1.56. The Morgan fingerprint density at radius 2 is 2.14 bits per heavy atom. The Balaban J connectivity index is 2.80. The summed E-state index contributed by atoms with van der Waals surface area (Å²) in [5.41, 5.74) is 6.36. The minimum atomic E-state index is -0.241. The van der Waals surface area contributed by atoms with Gasteiger partial charge in [-0.3, -0.25) is 4.79 Å². The van der Waals surface area contributed by atoms with Crippen LogP contribution in [0.5, 0.6) is 0 Å². The minimum Gasteiger partial charge on any atom is -0.399 e. The van der Waals surface area contributed by atoms with Gasteiger partial charge in [0.25, 0.3) is 5.91 Å². The number of hydrogen-bond acceptors (Lipinski definition) is 2. The van der Waals surface area contributed by atoms with E-state index in [1.54, 1.807) is 18.2 Å². The van der Waals surface area contributed by atoms with Crippen LogP contribution >= 0.6 is 0 Å². The quantitative estimate of drug-likeness (QED) is 0.662. The van der Waals surface area contributed by atoms with Crippen LogP contribution in [0.25, 0.3) is 0 Å². The van der Waals surface area contributed by atoms with Gasteiger partial charge < -0.3 is 11.1 Å². The van der Waals surface area contributed by atoms with Crippen molar-refractivity contribution in [1.29, 1.82) is 0 Å². The van der Waals surface area contributed by atoms with E-state index >= 15 is 0 Å². The van der Waals surface area contributed by atoms with Gasteiger partial charge in [0.05, 0.1) is 0 Å². The summed E-state index contributed by atoms with van der Waals surface area (Å²) < 4.78 is 0. The summed E-state index contributed by atoms with van der Waals surface area (Å²) in [5.74, 6) is -0.148. The summed E-state index contributed by atoms with van der Waals surface area (Å²) in [6.07, 6.45) is 0. The number of carbonyl (C=O) groups excluding carboxylic acids is 1. The van der Waals surface area contributed by atoms with Crippen molar-refractivity contribution in [1.82, 2.24) is 5.32 Å². The van der Waals surface area contributed by atoms with E-state index in [4.69, 9.17) is 5.73 Å². The van der Waals surface area contributed by atoms with E-state index in [1.165, 1.54) is 0 Å². The average Bonchev–Trinajstić information content (AvgIpc) is 2.01. The second-order valence-electron chi connectivity index (χ2n) is 4.24. The molecule has 75 valence electrons. The molecule has 0 atom stereocenters. The molecule has 0 aliphatic heterocycles. The first-order valence-corrected chi connectivity index (χ1v) is 4.48. The monoisotopic (exact) mass is 191 g/mol. The molecule has 0 bridgehead atoms. The van der Waals surface area contributed by atoms with Crippen LogP contribution in [0.2, 0.25) is 0 Å². The van der Waals surface area contributed by atoms with Crippen molar-refractivity contribution >= 4 is 11.6 Å². The zero-order valence-corrected chi connectivity index (χ0v) is 8.72. The zero-order chi connectivity index (χ0) is 10.8. The molecule has 1 rings (SSSR count). The molecule has 0 spiro atoms. The molecule has 3 nitrogen and oxygen atoms in total. The summed E-state index contributed by atoms with van der Waals surface area (Å²) in [7, 11) is 0. The van der Waals surface area contributed by atoms with E-state index < -0.39 is 0 Å². The predicted octanol–water partition coefficient (Wildman–Crippen LogP) is 1.60. The largest absolute Gasteiger partial charge is 0.399 e. The molecule has 14 heavy (non-hydrogen) atoms. The number of anilines is 1. The lowest BCUT2D eigenvalue weighted by Crippen LogP contribution is -2.40. The Hall–Kier alpha value is -1.51. The number of hydrogen-bond donors (Lipinski definition) is 2. The molecule has 3 N–H and O–H groups in total. The molecule has 0 heterocycles. The number of carbonyl (C=O) groups is 1.